The van der Waals surface area contributed by atoms with Gasteiger partial charge in [-0.3, -0.25) is 15.0 Å². The van der Waals surface area contributed by atoms with Gasteiger partial charge >= 0.3 is 0 Å². The van der Waals surface area contributed by atoms with Gasteiger partial charge in [0.05, 0.1) is 17.9 Å². The lowest BCUT2D eigenvalue weighted by atomic mass is 9.79. The fourth-order valence-electron chi connectivity index (χ4n) is 4.34. The van der Waals surface area contributed by atoms with Crippen molar-refractivity contribution in [1.29, 1.82) is 0 Å². The number of anilines is 1. The van der Waals surface area contributed by atoms with Crippen molar-refractivity contribution in [2.24, 2.45) is 21.8 Å². The summed E-state index contributed by atoms with van der Waals surface area (Å²) < 4.78 is 0. The number of hydrogen-bond acceptors (Lipinski definition) is 5. The van der Waals surface area contributed by atoms with Crippen LogP contribution in [0.2, 0.25) is 0 Å². The predicted molar refractivity (Wildman–Crippen MR) is 123 cm³/mol. The van der Waals surface area contributed by atoms with Crippen molar-refractivity contribution in [1.82, 2.24) is 4.98 Å². The molecule has 0 aromatic carbocycles. The molecule has 0 fully saturated rings. The van der Waals surface area contributed by atoms with Crippen molar-refractivity contribution in [3.8, 4) is 0 Å². The molecule has 0 spiro atoms. The first kappa shape index (κ1) is 19.4. The molecule has 0 amide bonds. The number of aromatic nitrogens is 1. The van der Waals surface area contributed by atoms with Crippen LogP contribution < -0.4 is 5.32 Å². The standard InChI is InChI=1S/C23H30N4S/c1-17-4-3-15-28-22-16-18(6-7-20(17)22)23-21(5-2-10-27-23)26-14-13-25-19-8-11-24-12-9-19/h2-3,5,10-11,15-17,20,22,26H,4,6-9,12-14H2,1H3. The molecule has 148 valence electrons. The van der Waals surface area contributed by atoms with E-state index >= 15 is 0 Å². The lowest BCUT2D eigenvalue weighted by molar-refractivity contribution is 0.347. The second kappa shape index (κ2) is 9.55. The van der Waals surface area contributed by atoms with Crippen molar-refractivity contribution in [2.45, 2.75) is 44.3 Å². The van der Waals surface area contributed by atoms with Gasteiger partial charge in [-0.2, -0.15) is 0 Å². The molecular weight excluding hydrogens is 364 g/mol. The molecular formula is C23H30N4S. The third kappa shape index (κ3) is 4.75. The van der Waals surface area contributed by atoms with Gasteiger partial charge in [-0.05, 0) is 54.2 Å². The molecule has 0 saturated carbocycles. The van der Waals surface area contributed by atoms with E-state index in [1.807, 2.05) is 30.2 Å². The third-order valence-electron chi connectivity index (χ3n) is 5.97. The number of rotatable bonds is 5. The summed E-state index contributed by atoms with van der Waals surface area (Å²) in [7, 11) is 0. The average Bonchev–Trinajstić information content (AvgIpc) is 2.93. The Kier molecular flexibility index (Phi) is 6.63. The normalized spacial score (nSPS) is 28.5. The zero-order chi connectivity index (χ0) is 19.2. The molecule has 3 unspecified atom stereocenters. The fraction of sp³-hybridized carbons (Fsp3) is 0.522. The van der Waals surface area contributed by atoms with Gasteiger partial charge < -0.3 is 5.32 Å². The first-order chi connectivity index (χ1) is 13.8. The van der Waals surface area contributed by atoms with Gasteiger partial charge in [-0.25, -0.2) is 0 Å². The first-order valence-corrected chi connectivity index (χ1v) is 11.5. The smallest absolute Gasteiger partial charge is 0.0890 e. The van der Waals surface area contributed by atoms with Crippen molar-refractivity contribution in [2.75, 3.05) is 25.0 Å². The number of hydrogen-bond donors (Lipinski definition) is 1. The van der Waals surface area contributed by atoms with Gasteiger partial charge in [0.15, 0.2) is 0 Å². The summed E-state index contributed by atoms with van der Waals surface area (Å²) >= 11 is 1.98. The molecule has 5 heteroatoms. The number of allylic oxidation sites excluding steroid dienone is 2. The Labute approximate surface area is 172 Å². The van der Waals surface area contributed by atoms with Gasteiger partial charge in [0.25, 0.3) is 0 Å². The topological polar surface area (TPSA) is 49.6 Å². The summed E-state index contributed by atoms with van der Waals surface area (Å²) in [6.45, 7) is 4.94. The van der Waals surface area contributed by atoms with Crippen LogP contribution in [0.25, 0.3) is 5.57 Å². The molecule has 4 rings (SSSR count). The fourth-order valence-corrected chi connectivity index (χ4v) is 5.59. The Bertz CT molecular complexity index is 796. The number of thioether (sulfide) groups is 1. The van der Waals surface area contributed by atoms with E-state index in [-0.39, 0.29) is 0 Å². The molecule has 0 bridgehead atoms. The van der Waals surface area contributed by atoms with Crippen LogP contribution in [0.3, 0.4) is 0 Å². The zero-order valence-electron chi connectivity index (χ0n) is 16.7. The van der Waals surface area contributed by atoms with E-state index in [0.29, 0.717) is 5.25 Å². The van der Waals surface area contributed by atoms with E-state index in [1.165, 1.54) is 24.1 Å². The molecule has 1 aliphatic carbocycles. The minimum absolute atomic E-state index is 0.576. The summed E-state index contributed by atoms with van der Waals surface area (Å²) in [4.78, 5) is 13.7. The number of nitrogens with zero attached hydrogens (tertiary/aromatic N) is 3. The maximum Gasteiger partial charge on any atom is 0.0890 e. The van der Waals surface area contributed by atoms with Crippen LogP contribution in [0, 0.1) is 11.8 Å². The van der Waals surface area contributed by atoms with Crippen molar-refractivity contribution in [3.05, 3.63) is 41.6 Å². The summed E-state index contributed by atoms with van der Waals surface area (Å²) in [5, 5.41) is 6.45. The van der Waals surface area contributed by atoms with Gasteiger partial charge in [0.1, 0.15) is 0 Å². The van der Waals surface area contributed by atoms with E-state index in [9.17, 15) is 0 Å². The number of aliphatic imine (C=N–C) groups is 2. The highest BCUT2D eigenvalue weighted by atomic mass is 32.2. The summed E-state index contributed by atoms with van der Waals surface area (Å²) in [6, 6.07) is 4.17. The molecule has 2 aliphatic heterocycles. The van der Waals surface area contributed by atoms with Crippen molar-refractivity contribution < 1.29 is 0 Å². The monoisotopic (exact) mass is 394 g/mol. The Morgan fingerprint density at radius 1 is 1.32 bits per heavy atom. The quantitative estimate of drug-likeness (QED) is 0.694. The molecule has 1 N–H and O–H groups in total. The van der Waals surface area contributed by atoms with Gasteiger partial charge in [-0.1, -0.05) is 19.1 Å². The molecule has 3 aliphatic rings. The van der Waals surface area contributed by atoms with Crippen LogP contribution >= 0.6 is 11.8 Å². The molecule has 3 atom stereocenters. The zero-order valence-corrected chi connectivity index (χ0v) is 17.5. The van der Waals surface area contributed by atoms with E-state index in [2.05, 4.69) is 40.9 Å². The summed E-state index contributed by atoms with van der Waals surface area (Å²) in [6.07, 6.45) is 14.2. The van der Waals surface area contributed by atoms with Crippen LogP contribution in [0.4, 0.5) is 5.69 Å². The lowest BCUT2D eigenvalue weighted by Crippen LogP contribution is -2.25. The molecule has 3 heterocycles. The van der Waals surface area contributed by atoms with E-state index < -0.39 is 0 Å². The Morgan fingerprint density at radius 3 is 3.18 bits per heavy atom. The highest BCUT2D eigenvalue weighted by Crippen LogP contribution is 2.43. The highest BCUT2D eigenvalue weighted by Gasteiger charge is 2.31. The SMILES string of the molecule is CC1CC=CSC2C=C(c3ncccc3NCCN=C3CC=NCC3)CCC12. The van der Waals surface area contributed by atoms with Gasteiger partial charge in [0.2, 0.25) is 0 Å². The first-order valence-electron chi connectivity index (χ1n) is 10.5. The van der Waals surface area contributed by atoms with Crippen molar-refractivity contribution >= 4 is 34.9 Å². The highest BCUT2D eigenvalue weighted by molar-refractivity contribution is 8.02. The largest absolute Gasteiger partial charge is 0.381 e. The second-order valence-corrected chi connectivity index (χ2v) is 8.99. The second-order valence-electron chi connectivity index (χ2n) is 7.90. The number of pyridine rings is 1. The molecule has 1 aromatic heterocycles. The van der Waals surface area contributed by atoms with E-state index in [4.69, 9.17) is 9.98 Å². The maximum absolute atomic E-state index is 4.74. The Balaban J connectivity index is 1.43. The van der Waals surface area contributed by atoms with Gasteiger partial charge in [0, 0.05) is 49.3 Å². The lowest BCUT2D eigenvalue weighted by Gasteiger charge is -2.32. The molecule has 4 nitrogen and oxygen atoms in total. The number of nitrogens with one attached hydrogen (secondary N) is 1. The Hall–Kier alpha value is -1.88. The van der Waals surface area contributed by atoms with Crippen LogP contribution in [-0.4, -0.2) is 41.8 Å². The van der Waals surface area contributed by atoms with Crippen LogP contribution in [0.1, 0.15) is 44.7 Å². The number of fused-ring (bicyclic) bond motifs is 1. The van der Waals surface area contributed by atoms with E-state index in [1.54, 1.807) is 0 Å². The average molecular weight is 395 g/mol. The van der Waals surface area contributed by atoms with Crippen LogP contribution in [0.15, 0.2) is 45.9 Å². The summed E-state index contributed by atoms with van der Waals surface area (Å²) in [5.41, 5.74) is 4.94. The molecule has 0 saturated heterocycles. The maximum atomic E-state index is 4.74. The minimum atomic E-state index is 0.576. The predicted octanol–water partition coefficient (Wildman–Crippen LogP) is 5.25. The third-order valence-corrected chi connectivity index (χ3v) is 7.11. The minimum Gasteiger partial charge on any atom is -0.381 e. The van der Waals surface area contributed by atoms with Gasteiger partial charge in [-0.15, -0.1) is 11.8 Å². The van der Waals surface area contributed by atoms with Crippen LogP contribution in [-0.2, 0) is 0 Å². The Morgan fingerprint density at radius 2 is 2.29 bits per heavy atom. The van der Waals surface area contributed by atoms with E-state index in [0.717, 1.165) is 62.1 Å². The van der Waals surface area contributed by atoms with Crippen molar-refractivity contribution in [3.63, 3.8) is 0 Å². The van der Waals surface area contributed by atoms with Crippen LogP contribution in [0.5, 0.6) is 0 Å². The molecule has 0 radical (unpaired) electrons. The summed E-state index contributed by atoms with van der Waals surface area (Å²) in [5.74, 6) is 1.54. The molecule has 1 aromatic rings. The molecule has 28 heavy (non-hydrogen) atoms.